The van der Waals surface area contributed by atoms with Crippen molar-refractivity contribution in [3.63, 3.8) is 0 Å². The van der Waals surface area contributed by atoms with E-state index in [1.54, 1.807) is 0 Å². The van der Waals surface area contributed by atoms with Crippen LogP contribution >= 0.6 is 0 Å². The highest BCUT2D eigenvalue weighted by Gasteiger charge is 2.23. The van der Waals surface area contributed by atoms with Gasteiger partial charge >= 0.3 is 0 Å². The summed E-state index contributed by atoms with van der Waals surface area (Å²) in [5.74, 6) is 0.425. The van der Waals surface area contributed by atoms with E-state index >= 15 is 0 Å². The molecule has 0 fully saturated rings. The molecule has 25 heavy (non-hydrogen) atoms. The number of hydrogen-bond acceptors (Lipinski definition) is 3. The lowest BCUT2D eigenvalue weighted by Crippen LogP contribution is -2.32. The standard InChI is InChI=1S/C20H30N4O/c1-6-18-19(20(25)21-12-13-23(4)5)17(14-15(2)3)22-24(18)16-10-8-7-9-11-16/h7-11,15H,6,12-14H2,1-5H3,(H,21,25). The van der Waals surface area contributed by atoms with Crippen molar-refractivity contribution in [1.82, 2.24) is 20.0 Å². The first kappa shape index (κ1) is 19.2. The second-order valence-electron chi connectivity index (χ2n) is 7.03. The first-order valence-corrected chi connectivity index (χ1v) is 9.03. The Morgan fingerprint density at radius 2 is 1.92 bits per heavy atom. The van der Waals surface area contributed by atoms with Gasteiger partial charge in [0.2, 0.25) is 0 Å². The van der Waals surface area contributed by atoms with Gasteiger partial charge in [-0.2, -0.15) is 5.10 Å². The van der Waals surface area contributed by atoms with Crippen molar-refractivity contribution in [3.05, 3.63) is 47.3 Å². The van der Waals surface area contributed by atoms with Crippen molar-refractivity contribution < 1.29 is 4.79 Å². The molecule has 0 radical (unpaired) electrons. The zero-order valence-corrected chi connectivity index (χ0v) is 16.0. The van der Waals surface area contributed by atoms with Crippen LogP contribution in [-0.2, 0) is 12.8 Å². The molecule has 1 N–H and O–H groups in total. The molecule has 136 valence electrons. The van der Waals surface area contributed by atoms with Gasteiger partial charge in [0.1, 0.15) is 0 Å². The van der Waals surface area contributed by atoms with Gasteiger partial charge in [-0.1, -0.05) is 39.0 Å². The number of likely N-dealkylation sites (N-methyl/N-ethyl adjacent to an activating group) is 1. The van der Waals surface area contributed by atoms with Crippen LogP contribution in [0.1, 0.15) is 42.5 Å². The van der Waals surface area contributed by atoms with E-state index < -0.39 is 0 Å². The van der Waals surface area contributed by atoms with E-state index in [2.05, 4.69) is 31.0 Å². The lowest BCUT2D eigenvalue weighted by Gasteiger charge is -2.12. The molecule has 0 saturated carbocycles. The molecule has 5 nitrogen and oxygen atoms in total. The highest BCUT2D eigenvalue weighted by atomic mass is 16.1. The van der Waals surface area contributed by atoms with Crippen molar-refractivity contribution in [2.75, 3.05) is 27.2 Å². The number of para-hydroxylation sites is 1. The van der Waals surface area contributed by atoms with Gasteiger partial charge in [0.05, 0.1) is 22.6 Å². The minimum atomic E-state index is -0.0171. The highest BCUT2D eigenvalue weighted by molar-refractivity contribution is 5.96. The SMILES string of the molecule is CCc1c(C(=O)NCCN(C)C)c(CC(C)C)nn1-c1ccccc1. The van der Waals surface area contributed by atoms with Crippen LogP contribution in [0.2, 0.25) is 0 Å². The molecule has 0 aliphatic carbocycles. The van der Waals surface area contributed by atoms with E-state index in [4.69, 9.17) is 5.10 Å². The molecule has 1 heterocycles. The van der Waals surface area contributed by atoms with Crippen LogP contribution in [-0.4, -0.2) is 47.8 Å². The van der Waals surface area contributed by atoms with Gasteiger partial charge in [-0.15, -0.1) is 0 Å². The first-order chi connectivity index (χ1) is 11.9. The van der Waals surface area contributed by atoms with Crippen LogP contribution in [0, 0.1) is 5.92 Å². The molecule has 0 spiro atoms. The fraction of sp³-hybridized carbons (Fsp3) is 0.500. The maximum Gasteiger partial charge on any atom is 0.255 e. The molecule has 2 rings (SSSR count). The molecule has 0 bridgehead atoms. The van der Waals surface area contributed by atoms with E-state index in [0.717, 1.165) is 42.0 Å². The summed E-state index contributed by atoms with van der Waals surface area (Å²) in [6, 6.07) is 10.0. The molecular weight excluding hydrogens is 312 g/mol. The fourth-order valence-corrected chi connectivity index (χ4v) is 2.89. The Morgan fingerprint density at radius 1 is 1.24 bits per heavy atom. The second-order valence-corrected chi connectivity index (χ2v) is 7.03. The number of benzene rings is 1. The average Bonchev–Trinajstić information content (AvgIpc) is 2.92. The van der Waals surface area contributed by atoms with E-state index in [1.165, 1.54) is 0 Å². The number of hydrogen-bond donors (Lipinski definition) is 1. The monoisotopic (exact) mass is 342 g/mol. The second kappa shape index (κ2) is 8.81. The minimum absolute atomic E-state index is 0.0171. The van der Waals surface area contributed by atoms with Gasteiger partial charge in [-0.25, -0.2) is 4.68 Å². The van der Waals surface area contributed by atoms with Gasteiger partial charge in [0.25, 0.3) is 5.91 Å². The number of aromatic nitrogens is 2. The number of nitrogens with zero attached hydrogens (tertiary/aromatic N) is 3. The summed E-state index contributed by atoms with van der Waals surface area (Å²) < 4.78 is 1.93. The van der Waals surface area contributed by atoms with Crippen LogP contribution in [0.3, 0.4) is 0 Å². The third-order valence-electron chi connectivity index (χ3n) is 4.06. The van der Waals surface area contributed by atoms with Crippen molar-refractivity contribution >= 4 is 5.91 Å². The Kier molecular flexibility index (Phi) is 6.76. The molecule has 2 aromatic rings. The number of carbonyl (C=O) groups excluding carboxylic acids is 1. The van der Waals surface area contributed by atoms with Crippen LogP contribution in [0.5, 0.6) is 0 Å². The lowest BCUT2D eigenvalue weighted by molar-refractivity contribution is 0.0949. The van der Waals surface area contributed by atoms with Crippen molar-refractivity contribution in [2.24, 2.45) is 5.92 Å². The summed E-state index contributed by atoms with van der Waals surface area (Å²) in [6.07, 6.45) is 1.56. The summed E-state index contributed by atoms with van der Waals surface area (Å²) in [6.45, 7) is 7.83. The molecular formula is C20H30N4O. The topological polar surface area (TPSA) is 50.2 Å². The van der Waals surface area contributed by atoms with Gasteiger partial charge in [-0.3, -0.25) is 4.79 Å². The van der Waals surface area contributed by atoms with Gasteiger partial charge in [-0.05, 0) is 45.0 Å². The Hall–Kier alpha value is -2.14. The van der Waals surface area contributed by atoms with Crippen LogP contribution < -0.4 is 5.32 Å². The van der Waals surface area contributed by atoms with Crippen LogP contribution in [0.25, 0.3) is 5.69 Å². The number of nitrogens with one attached hydrogen (secondary N) is 1. The molecule has 0 aliphatic heterocycles. The first-order valence-electron chi connectivity index (χ1n) is 9.03. The summed E-state index contributed by atoms with van der Waals surface area (Å²) in [5, 5.41) is 7.85. The third kappa shape index (κ3) is 4.92. The smallest absolute Gasteiger partial charge is 0.255 e. The minimum Gasteiger partial charge on any atom is -0.351 e. The lowest BCUT2D eigenvalue weighted by atomic mass is 10.0. The molecule has 0 saturated heterocycles. The summed E-state index contributed by atoms with van der Waals surface area (Å²) in [7, 11) is 4.00. The molecule has 1 aromatic carbocycles. The fourth-order valence-electron chi connectivity index (χ4n) is 2.89. The van der Waals surface area contributed by atoms with E-state index in [1.807, 2.05) is 49.1 Å². The Bertz CT molecular complexity index is 689. The number of amides is 1. The number of rotatable bonds is 8. The maximum absolute atomic E-state index is 12.9. The zero-order valence-electron chi connectivity index (χ0n) is 16.0. The molecule has 0 aliphatic rings. The largest absolute Gasteiger partial charge is 0.351 e. The van der Waals surface area contributed by atoms with E-state index in [9.17, 15) is 4.79 Å². The Labute approximate surface area is 151 Å². The highest BCUT2D eigenvalue weighted by Crippen LogP contribution is 2.22. The molecule has 1 aromatic heterocycles. The number of carbonyl (C=O) groups is 1. The average molecular weight is 342 g/mol. The van der Waals surface area contributed by atoms with E-state index in [-0.39, 0.29) is 5.91 Å². The van der Waals surface area contributed by atoms with Crippen molar-refractivity contribution in [1.29, 1.82) is 0 Å². The van der Waals surface area contributed by atoms with E-state index in [0.29, 0.717) is 12.5 Å². The normalized spacial score (nSPS) is 11.3. The van der Waals surface area contributed by atoms with Crippen molar-refractivity contribution in [3.8, 4) is 5.69 Å². The van der Waals surface area contributed by atoms with Gasteiger partial charge < -0.3 is 10.2 Å². The van der Waals surface area contributed by atoms with Crippen molar-refractivity contribution in [2.45, 2.75) is 33.6 Å². The van der Waals surface area contributed by atoms with Crippen LogP contribution in [0.4, 0.5) is 0 Å². The summed E-state index contributed by atoms with van der Waals surface area (Å²) in [4.78, 5) is 14.9. The molecule has 1 amide bonds. The Balaban J connectivity index is 2.41. The maximum atomic E-state index is 12.9. The summed E-state index contributed by atoms with van der Waals surface area (Å²) in [5.41, 5.74) is 3.61. The third-order valence-corrected chi connectivity index (χ3v) is 4.06. The van der Waals surface area contributed by atoms with Crippen LogP contribution in [0.15, 0.2) is 30.3 Å². The summed E-state index contributed by atoms with van der Waals surface area (Å²) >= 11 is 0. The predicted octanol–water partition coefficient (Wildman–Crippen LogP) is 2.92. The predicted molar refractivity (Wildman–Crippen MR) is 102 cm³/mol. The molecule has 5 heteroatoms. The Morgan fingerprint density at radius 3 is 2.48 bits per heavy atom. The molecule has 0 atom stereocenters. The quantitative estimate of drug-likeness (QED) is 0.802. The van der Waals surface area contributed by atoms with Gasteiger partial charge in [0, 0.05) is 13.1 Å². The molecule has 0 unspecified atom stereocenters. The zero-order chi connectivity index (χ0) is 18.4. The van der Waals surface area contributed by atoms with Gasteiger partial charge in [0.15, 0.2) is 0 Å².